The maximum atomic E-state index is 2.17. The Bertz CT molecular complexity index is 1410. The molecule has 0 atom stereocenters. The molecular formula is C104H208. The van der Waals surface area contributed by atoms with Crippen LogP contribution in [0.25, 0.3) is 0 Å². The van der Waals surface area contributed by atoms with Crippen LogP contribution in [0.15, 0.2) is 0 Å². The molecule has 16 aliphatic rings. The molecule has 8 spiro atoms. The molecule has 0 heterocycles. The zero-order chi connectivity index (χ0) is 77.9. The van der Waals surface area contributed by atoms with Crippen LogP contribution >= 0.6 is 0 Å². The average Bonchev–Trinajstić information content (AvgIpc) is 0.867. The van der Waals surface area contributed by atoms with Gasteiger partial charge in [-0.2, -0.15) is 0 Å². The first-order valence-electron chi connectivity index (χ1n) is 49.2. The van der Waals surface area contributed by atoms with Gasteiger partial charge in [-0.25, -0.2) is 0 Å². The van der Waals surface area contributed by atoms with Crippen LogP contribution < -0.4 is 0 Å². The third kappa shape index (κ3) is 50.2. The first-order valence-corrected chi connectivity index (χ1v) is 49.2. The van der Waals surface area contributed by atoms with Crippen molar-refractivity contribution in [1.82, 2.24) is 0 Å². The van der Waals surface area contributed by atoms with Crippen molar-refractivity contribution in [3.8, 4) is 0 Å². The summed E-state index contributed by atoms with van der Waals surface area (Å²) in [4.78, 5) is 0. The third-order valence-electron chi connectivity index (χ3n) is 26.6. The zero-order valence-electron chi connectivity index (χ0n) is 77.9. The largest absolute Gasteiger partial charge is 0.0630 e. The maximum absolute atomic E-state index is 2.17. The molecule has 0 radical (unpaired) electrons. The molecule has 16 aliphatic carbocycles. The van der Waals surface area contributed by atoms with Gasteiger partial charge in [0.2, 0.25) is 0 Å². The molecule has 0 aromatic rings. The van der Waals surface area contributed by atoms with E-state index >= 15 is 0 Å². The fourth-order valence-corrected chi connectivity index (χ4v) is 20.9. The highest BCUT2D eigenvalue weighted by atomic mass is 14.5. The third-order valence-corrected chi connectivity index (χ3v) is 26.6. The molecule has 0 saturated heterocycles. The molecule has 0 heteroatoms. The van der Waals surface area contributed by atoms with E-state index in [1.807, 2.05) is 0 Å². The van der Waals surface area contributed by atoms with E-state index in [1.165, 1.54) is 205 Å². The minimum Gasteiger partial charge on any atom is -0.0630 e. The van der Waals surface area contributed by atoms with Crippen molar-refractivity contribution in [2.24, 2.45) is 90.7 Å². The molecule has 0 bridgehead atoms. The van der Waals surface area contributed by atoms with Crippen LogP contribution in [-0.4, -0.2) is 0 Å². The topological polar surface area (TPSA) is 0 Å². The fourth-order valence-electron chi connectivity index (χ4n) is 20.9. The van der Waals surface area contributed by atoms with Crippen LogP contribution in [-0.2, 0) is 0 Å². The van der Waals surface area contributed by atoms with Crippen molar-refractivity contribution in [1.29, 1.82) is 0 Å². The second-order valence-corrected chi connectivity index (χ2v) is 45.2. The van der Waals surface area contributed by atoms with E-state index in [2.05, 4.69) is 166 Å². The molecule has 0 aromatic heterocycles. The Morgan fingerprint density at radius 2 is 0.135 bits per heavy atom. The normalized spacial score (nSPS) is 24.9. The first kappa shape index (κ1) is 102. The lowest BCUT2D eigenvalue weighted by molar-refractivity contribution is 0.0774. The zero-order valence-corrected chi connectivity index (χ0v) is 77.9. The number of hydrogen-bond acceptors (Lipinski definition) is 0. The predicted molar refractivity (Wildman–Crippen MR) is 479 cm³/mol. The smallest absolute Gasteiger partial charge is 0.0297 e. The molecule has 0 amide bonds. The molecule has 16 saturated carbocycles. The van der Waals surface area contributed by atoms with Crippen molar-refractivity contribution in [3.63, 3.8) is 0 Å². The molecule has 0 aromatic carbocycles. The highest BCUT2D eigenvalue weighted by Gasteiger charge is 2.42. The lowest BCUT2D eigenvalue weighted by Crippen LogP contribution is -2.31. The van der Waals surface area contributed by atoms with Gasteiger partial charge in [-0.3, -0.25) is 0 Å². The Labute approximate surface area is 663 Å². The summed E-state index contributed by atoms with van der Waals surface area (Å²) in [5.74, 6) is 6.67. The summed E-state index contributed by atoms with van der Waals surface area (Å²) in [5, 5.41) is 0. The van der Waals surface area contributed by atoms with Gasteiger partial charge in [0.1, 0.15) is 0 Å². The van der Waals surface area contributed by atoms with E-state index in [9.17, 15) is 0 Å². The quantitative estimate of drug-likeness (QED) is 0.227. The molecule has 624 valence electrons. The lowest BCUT2D eigenvalue weighted by Gasteiger charge is -2.45. The van der Waals surface area contributed by atoms with Crippen molar-refractivity contribution in [2.45, 2.75) is 577 Å². The highest BCUT2D eigenvalue weighted by Crippen LogP contribution is 2.56. The molecule has 104 heavy (non-hydrogen) atoms. The van der Waals surface area contributed by atoms with Crippen LogP contribution in [0.4, 0.5) is 0 Å². The summed E-state index contributed by atoms with van der Waals surface area (Å²) in [7, 11) is 0. The van der Waals surface area contributed by atoms with Gasteiger partial charge in [-0.15, -0.1) is 0 Å². The number of hydrogen-bond donors (Lipinski definition) is 0. The van der Waals surface area contributed by atoms with Gasteiger partial charge in [-0.05, 0) is 296 Å². The summed E-state index contributed by atoms with van der Waals surface area (Å²) in [5.41, 5.74) is 7.16. The predicted octanol–water partition coefficient (Wildman–Crippen LogP) is 38.3. The molecule has 0 N–H and O–H groups in total. The summed E-state index contributed by atoms with van der Waals surface area (Å²) >= 11 is 0. The van der Waals surface area contributed by atoms with E-state index in [0.29, 0.717) is 0 Å². The van der Waals surface area contributed by atoms with E-state index < -0.39 is 0 Å². The standard InChI is InChI=1S/8C9H16.8C4H10/c4*1-2-6-9(5-1)7-3-4-8-9;4*1-2-5-9(6-3-1)7-4-8-9;8*1-4(2)3/h8*1-8H2;8*4H,1-3H3. The van der Waals surface area contributed by atoms with Gasteiger partial charge in [-0.1, -0.05) is 372 Å². The molecule has 16 rings (SSSR count). The summed E-state index contributed by atoms with van der Waals surface area (Å²) < 4.78 is 0. The Kier molecular flexibility index (Phi) is 56.8. The molecular weight excluding hydrogens is 1250 g/mol. The minimum atomic E-state index is 0.833. The summed E-state index contributed by atoms with van der Waals surface area (Å²) in [6, 6.07) is 0. The molecule has 16 fully saturated rings. The summed E-state index contributed by atoms with van der Waals surface area (Å²) in [6.07, 6.45) is 98.8. The summed E-state index contributed by atoms with van der Waals surface area (Å²) in [6.45, 7) is 52.0. The fraction of sp³-hybridized carbons (Fsp3) is 1.00. The van der Waals surface area contributed by atoms with Crippen molar-refractivity contribution in [3.05, 3.63) is 0 Å². The van der Waals surface area contributed by atoms with Crippen molar-refractivity contribution in [2.75, 3.05) is 0 Å². The van der Waals surface area contributed by atoms with Crippen LogP contribution in [0, 0.1) is 90.7 Å². The van der Waals surface area contributed by atoms with Crippen LogP contribution in [0.2, 0.25) is 0 Å². The first-order chi connectivity index (χ1) is 49.2. The van der Waals surface area contributed by atoms with E-state index in [-0.39, 0.29) is 0 Å². The average molecular weight is 1460 g/mol. The van der Waals surface area contributed by atoms with Crippen LogP contribution in [0.5, 0.6) is 0 Å². The monoisotopic (exact) mass is 1460 g/mol. The van der Waals surface area contributed by atoms with E-state index in [0.717, 1.165) is 90.7 Å². The Morgan fingerprint density at radius 3 is 0.183 bits per heavy atom. The van der Waals surface area contributed by atoms with Crippen molar-refractivity contribution >= 4 is 0 Å². The highest BCUT2D eigenvalue weighted by molar-refractivity contribution is 4.94. The Morgan fingerprint density at radius 1 is 0.0865 bits per heavy atom. The van der Waals surface area contributed by atoms with E-state index in [1.54, 1.807) is 205 Å². The van der Waals surface area contributed by atoms with Crippen LogP contribution in [0.1, 0.15) is 577 Å². The van der Waals surface area contributed by atoms with Gasteiger partial charge in [0.15, 0.2) is 0 Å². The minimum absolute atomic E-state index is 0.833. The van der Waals surface area contributed by atoms with Crippen molar-refractivity contribution < 1.29 is 0 Å². The second kappa shape index (κ2) is 57.9. The Balaban J connectivity index is 0.000000563. The molecule has 0 unspecified atom stereocenters. The SMILES string of the molecule is C1CCC2(C1)CCCC2.C1CCC2(C1)CCCC2.C1CCC2(C1)CCCC2.C1CCC2(C1)CCCC2.C1CCC2(CC1)CCC2.C1CCC2(CC1)CCC2.C1CCC2(CC1)CCC2.C1CCC2(CC1)CCC2.CC(C)C.CC(C)C.CC(C)C.CC(C)C.CC(C)C.CC(C)C.CC(C)C.CC(C)C. The molecule has 0 nitrogen and oxygen atoms in total. The van der Waals surface area contributed by atoms with Gasteiger partial charge >= 0.3 is 0 Å². The lowest BCUT2D eigenvalue weighted by atomic mass is 9.61. The van der Waals surface area contributed by atoms with Gasteiger partial charge in [0.25, 0.3) is 0 Å². The second-order valence-electron chi connectivity index (χ2n) is 45.2. The van der Waals surface area contributed by atoms with Gasteiger partial charge in [0.05, 0.1) is 0 Å². The Hall–Kier alpha value is 0. The molecule has 0 aliphatic heterocycles. The van der Waals surface area contributed by atoms with E-state index in [4.69, 9.17) is 0 Å². The number of rotatable bonds is 0. The maximum Gasteiger partial charge on any atom is -0.0297 e. The van der Waals surface area contributed by atoms with Gasteiger partial charge in [0, 0.05) is 0 Å². The van der Waals surface area contributed by atoms with Crippen LogP contribution in [0.3, 0.4) is 0 Å². The van der Waals surface area contributed by atoms with Gasteiger partial charge < -0.3 is 0 Å².